The fraction of sp³-hybridized carbons (Fsp3) is 0.333. The lowest BCUT2D eigenvalue weighted by Gasteiger charge is -2.14. The van der Waals surface area contributed by atoms with E-state index in [0.29, 0.717) is 0 Å². The minimum atomic E-state index is 0.897. The molecule has 1 aliphatic rings. The molecule has 1 rings (SSSR count). The maximum atomic E-state index is 3.71. The maximum Gasteiger partial charge on any atom is 0.0400 e. The summed E-state index contributed by atoms with van der Waals surface area (Å²) in [7, 11) is 0. The van der Waals surface area contributed by atoms with E-state index in [1.807, 2.05) is 13.0 Å². The van der Waals surface area contributed by atoms with Crippen molar-refractivity contribution in [2.24, 2.45) is 0 Å². The van der Waals surface area contributed by atoms with Crippen LogP contribution in [0.4, 0.5) is 0 Å². The first-order valence-electron chi connectivity index (χ1n) is 3.40. The molecule has 0 aromatic carbocycles. The molecule has 0 saturated heterocycles. The van der Waals surface area contributed by atoms with E-state index in [2.05, 4.69) is 24.9 Å². The van der Waals surface area contributed by atoms with Gasteiger partial charge in [0.25, 0.3) is 0 Å². The van der Waals surface area contributed by atoms with Gasteiger partial charge in [0.05, 0.1) is 0 Å². The predicted molar refractivity (Wildman–Crippen MR) is 43.3 cm³/mol. The average Bonchev–Trinajstić information content (AvgIpc) is 1.88. The number of nitrogens with one attached hydrogen (secondary N) is 1. The largest absolute Gasteiger partial charge is 0.384 e. The van der Waals surface area contributed by atoms with Crippen LogP contribution < -0.4 is 5.32 Å². The van der Waals surface area contributed by atoms with Crippen LogP contribution >= 0.6 is 0 Å². The van der Waals surface area contributed by atoms with Crippen molar-refractivity contribution < 1.29 is 0 Å². The molecule has 0 saturated carbocycles. The van der Waals surface area contributed by atoms with Crippen LogP contribution in [-0.4, -0.2) is 6.54 Å². The average molecular weight is 134 g/mol. The molecule has 1 heterocycles. The number of hydrogen-bond acceptors (Lipinski definition) is 1. The molecular formula is C9H12N. The normalized spacial score (nSPS) is 18.0. The number of rotatable bonds is 1. The van der Waals surface area contributed by atoms with E-state index in [4.69, 9.17) is 0 Å². The number of allylic oxidation sites excluding steroid dienone is 3. The second-order valence-electron chi connectivity index (χ2n) is 2.46. The predicted octanol–water partition coefficient (Wildman–Crippen LogP) is 1.80. The Morgan fingerprint density at radius 2 is 2.30 bits per heavy atom. The van der Waals surface area contributed by atoms with Crippen LogP contribution in [0.1, 0.15) is 13.8 Å². The van der Waals surface area contributed by atoms with Gasteiger partial charge in [0.2, 0.25) is 0 Å². The first-order chi connectivity index (χ1) is 4.74. The molecule has 1 radical (unpaired) electrons. The highest BCUT2D eigenvalue weighted by molar-refractivity contribution is 5.33. The van der Waals surface area contributed by atoms with Crippen molar-refractivity contribution in [1.82, 2.24) is 5.32 Å². The number of dihydropyridines is 1. The molecule has 53 valence electrons. The van der Waals surface area contributed by atoms with E-state index in [1.54, 1.807) is 0 Å². The van der Waals surface area contributed by atoms with Gasteiger partial charge in [-0.25, -0.2) is 0 Å². The van der Waals surface area contributed by atoms with Crippen LogP contribution in [0.5, 0.6) is 0 Å². The Morgan fingerprint density at radius 3 is 2.80 bits per heavy atom. The zero-order valence-electron chi connectivity index (χ0n) is 6.49. The molecule has 1 N–H and O–H groups in total. The fourth-order valence-electron chi connectivity index (χ4n) is 0.991. The van der Waals surface area contributed by atoms with Gasteiger partial charge in [-0.2, -0.15) is 0 Å². The van der Waals surface area contributed by atoms with Gasteiger partial charge in [0.15, 0.2) is 0 Å². The summed E-state index contributed by atoms with van der Waals surface area (Å²) in [4.78, 5) is 0. The van der Waals surface area contributed by atoms with Gasteiger partial charge in [0, 0.05) is 18.3 Å². The summed E-state index contributed by atoms with van der Waals surface area (Å²) in [5.74, 6) is 0. The van der Waals surface area contributed by atoms with Crippen LogP contribution in [0.25, 0.3) is 0 Å². The molecule has 1 nitrogen and oxygen atoms in total. The Hall–Kier alpha value is -0.980. The third-order valence-electron chi connectivity index (χ3n) is 1.65. The highest BCUT2D eigenvalue weighted by atomic mass is 14.9. The molecule has 0 aromatic rings. The molecule has 0 spiro atoms. The lowest BCUT2D eigenvalue weighted by atomic mass is 10.1. The van der Waals surface area contributed by atoms with Crippen molar-refractivity contribution in [3.05, 3.63) is 35.6 Å². The SMILES string of the molecule is C=CC1=C(C)[C]=C(C)NC1. The molecule has 0 aliphatic carbocycles. The van der Waals surface area contributed by atoms with Crippen molar-refractivity contribution >= 4 is 0 Å². The lowest BCUT2D eigenvalue weighted by Crippen LogP contribution is -2.18. The van der Waals surface area contributed by atoms with Crippen LogP contribution in [0.2, 0.25) is 0 Å². The summed E-state index contributed by atoms with van der Waals surface area (Å²) in [6.07, 6.45) is 5.07. The zero-order valence-corrected chi connectivity index (χ0v) is 6.49. The lowest BCUT2D eigenvalue weighted by molar-refractivity contribution is 0.847. The van der Waals surface area contributed by atoms with Crippen molar-refractivity contribution in [1.29, 1.82) is 0 Å². The van der Waals surface area contributed by atoms with Gasteiger partial charge in [-0.1, -0.05) is 12.7 Å². The molecule has 1 heteroatoms. The van der Waals surface area contributed by atoms with Crippen LogP contribution in [-0.2, 0) is 0 Å². The Kier molecular flexibility index (Phi) is 1.95. The van der Waals surface area contributed by atoms with Gasteiger partial charge < -0.3 is 5.32 Å². The Bertz CT molecular complexity index is 209. The highest BCUT2D eigenvalue weighted by Crippen LogP contribution is 2.11. The van der Waals surface area contributed by atoms with E-state index in [1.165, 1.54) is 11.1 Å². The van der Waals surface area contributed by atoms with Gasteiger partial charge in [-0.3, -0.25) is 0 Å². The summed E-state index contributed by atoms with van der Waals surface area (Å²) in [5.41, 5.74) is 3.56. The van der Waals surface area contributed by atoms with Crippen molar-refractivity contribution in [2.45, 2.75) is 13.8 Å². The van der Waals surface area contributed by atoms with E-state index in [-0.39, 0.29) is 0 Å². The van der Waals surface area contributed by atoms with E-state index >= 15 is 0 Å². The van der Waals surface area contributed by atoms with Gasteiger partial charge in [-0.15, -0.1) is 0 Å². The standard InChI is InChI=1S/C9H12N/c1-4-9-6-10-8(3)5-7(9)2/h4,10H,1,6H2,2-3H3. The van der Waals surface area contributed by atoms with Crippen molar-refractivity contribution in [3.63, 3.8) is 0 Å². The Labute approximate surface area is 62.1 Å². The molecule has 10 heavy (non-hydrogen) atoms. The van der Waals surface area contributed by atoms with Gasteiger partial charge in [0.1, 0.15) is 0 Å². The summed E-state index contributed by atoms with van der Waals surface area (Å²) in [6, 6.07) is 0. The molecule has 0 fully saturated rings. The summed E-state index contributed by atoms with van der Waals surface area (Å²) in [5, 5.41) is 3.19. The molecule has 0 unspecified atom stereocenters. The summed E-state index contributed by atoms with van der Waals surface area (Å²) < 4.78 is 0. The first kappa shape index (κ1) is 7.13. The van der Waals surface area contributed by atoms with E-state index in [9.17, 15) is 0 Å². The van der Waals surface area contributed by atoms with Crippen LogP contribution in [0.15, 0.2) is 29.5 Å². The summed E-state index contributed by atoms with van der Waals surface area (Å²) in [6.45, 7) is 8.68. The Balaban J connectivity index is 2.90. The molecule has 0 atom stereocenters. The molecule has 0 amide bonds. The third-order valence-corrected chi connectivity index (χ3v) is 1.65. The molecule has 0 bridgehead atoms. The fourth-order valence-corrected chi connectivity index (χ4v) is 0.991. The highest BCUT2D eigenvalue weighted by Gasteiger charge is 2.02. The maximum absolute atomic E-state index is 3.71. The first-order valence-corrected chi connectivity index (χ1v) is 3.40. The second kappa shape index (κ2) is 2.74. The smallest absolute Gasteiger partial charge is 0.0400 e. The molecule has 1 aliphatic heterocycles. The van der Waals surface area contributed by atoms with E-state index in [0.717, 1.165) is 12.2 Å². The zero-order chi connectivity index (χ0) is 7.56. The molecular weight excluding hydrogens is 122 g/mol. The van der Waals surface area contributed by atoms with Crippen molar-refractivity contribution in [2.75, 3.05) is 6.54 Å². The summed E-state index contributed by atoms with van der Waals surface area (Å²) >= 11 is 0. The number of hydrogen-bond donors (Lipinski definition) is 1. The van der Waals surface area contributed by atoms with Crippen LogP contribution in [0, 0.1) is 6.08 Å². The van der Waals surface area contributed by atoms with Gasteiger partial charge in [-0.05, 0) is 25.0 Å². The quantitative estimate of drug-likeness (QED) is 0.576. The minimum absolute atomic E-state index is 0.897. The topological polar surface area (TPSA) is 12.0 Å². The van der Waals surface area contributed by atoms with E-state index < -0.39 is 0 Å². The molecule has 0 aromatic heterocycles. The Morgan fingerprint density at radius 1 is 1.60 bits per heavy atom. The van der Waals surface area contributed by atoms with Crippen molar-refractivity contribution in [3.8, 4) is 0 Å². The monoisotopic (exact) mass is 134 g/mol. The van der Waals surface area contributed by atoms with Gasteiger partial charge >= 0.3 is 0 Å². The minimum Gasteiger partial charge on any atom is -0.384 e. The third kappa shape index (κ3) is 1.29. The second-order valence-corrected chi connectivity index (χ2v) is 2.46. The van der Waals surface area contributed by atoms with Crippen LogP contribution in [0.3, 0.4) is 0 Å².